The maximum atomic E-state index is 13.4. The number of esters is 2. The van der Waals surface area contributed by atoms with Crippen LogP contribution in [0.25, 0.3) is 0 Å². The van der Waals surface area contributed by atoms with Crippen molar-refractivity contribution in [2.24, 2.45) is 11.8 Å². The Morgan fingerprint density at radius 3 is 1.53 bits per heavy atom. The molecule has 0 saturated carbocycles. The number of carbonyl (C=O) groups excluding carboxylic acids is 4. The highest BCUT2D eigenvalue weighted by Crippen LogP contribution is 2.43. The zero-order valence-corrected chi connectivity index (χ0v) is 18.6. The number of rotatable bonds is 3. The second kappa shape index (κ2) is 7.98. The molecule has 5 rings (SSSR count). The van der Waals surface area contributed by atoms with Gasteiger partial charge in [0.05, 0.1) is 11.1 Å². The van der Waals surface area contributed by atoms with Gasteiger partial charge in [-0.15, -0.1) is 0 Å². The number of ether oxygens (including phenoxy) is 2. The number of ketones is 2. The van der Waals surface area contributed by atoms with Crippen LogP contribution >= 0.6 is 22.6 Å². The molecule has 3 aromatic rings. The summed E-state index contributed by atoms with van der Waals surface area (Å²) in [5, 5.41) is 0. The van der Waals surface area contributed by atoms with E-state index >= 15 is 0 Å². The summed E-state index contributed by atoms with van der Waals surface area (Å²) in [6.45, 7) is 0. The van der Waals surface area contributed by atoms with Crippen LogP contribution in [0.4, 0.5) is 0 Å². The van der Waals surface area contributed by atoms with E-state index in [9.17, 15) is 19.2 Å². The van der Waals surface area contributed by atoms with Crippen LogP contribution in [0.1, 0.15) is 32.2 Å². The molecule has 0 fully saturated rings. The van der Waals surface area contributed by atoms with Crippen molar-refractivity contribution >= 4 is 46.1 Å². The number of hydrogen-bond acceptors (Lipinski definition) is 6. The molecule has 2 aliphatic rings. The maximum Gasteiger partial charge on any atom is 0.322 e. The van der Waals surface area contributed by atoms with Gasteiger partial charge in [0.15, 0.2) is 11.6 Å². The SMILES string of the molecule is O=C1Oc2ccccc2C(=O)C1C(c1ccc(I)cc1)C1C(=O)Oc2ccccc2C1=O. The number of hydrogen-bond donors (Lipinski definition) is 0. The van der Waals surface area contributed by atoms with Gasteiger partial charge < -0.3 is 9.47 Å². The minimum absolute atomic E-state index is 0.169. The summed E-state index contributed by atoms with van der Waals surface area (Å²) >= 11 is 2.13. The van der Waals surface area contributed by atoms with Gasteiger partial charge in [0, 0.05) is 9.49 Å². The molecule has 2 aliphatic heterocycles. The topological polar surface area (TPSA) is 86.7 Å². The van der Waals surface area contributed by atoms with Crippen molar-refractivity contribution in [2.75, 3.05) is 0 Å². The highest BCUT2D eigenvalue weighted by molar-refractivity contribution is 14.1. The summed E-state index contributed by atoms with van der Waals surface area (Å²) < 4.78 is 11.8. The molecule has 0 spiro atoms. The molecule has 2 unspecified atom stereocenters. The average molecular weight is 538 g/mol. The standard InChI is InChI=1S/C25H15IO6/c26-14-11-9-13(10-12-14)19(20-22(27)15-5-1-3-7-17(15)31-24(20)29)21-23(28)16-6-2-4-8-18(16)32-25(21)30/h1-12,19-21H. The molecule has 2 atom stereocenters. The van der Waals surface area contributed by atoms with Gasteiger partial charge in [0.25, 0.3) is 0 Å². The molecule has 0 bridgehead atoms. The first-order valence-electron chi connectivity index (χ1n) is 9.91. The van der Waals surface area contributed by atoms with Gasteiger partial charge in [-0.1, -0.05) is 36.4 Å². The van der Waals surface area contributed by atoms with Gasteiger partial charge in [0.1, 0.15) is 23.3 Å². The number of para-hydroxylation sites is 2. The Labute approximate surface area is 196 Å². The van der Waals surface area contributed by atoms with Crippen LogP contribution in [0.2, 0.25) is 0 Å². The van der Waals surface area contributed by atoms with E-state index in [4.69, 9.17) is 9.47 Å². The molecule has 6 nitrogen and oxygen atoms in total. The predicted octanol–water partition coefficient (Wildman–Crippen LogP) is 4.21. The van der Waals surface area contributed by atoms with Gasteiger partial charge in [-0.25, -0.2) is 0 Å². The van der Waals surface area contributed by atoms with Crippen molar-refractivity contribution in [1.29, 1.82) is 0 Å². The number of Topliss-reactive ketones (excluding diaryl/α,β-unsaturated/α-hetero) is 2. The Bertz CT molecular complexity index is 1200. The van der Waals surface area contributed by atoms with Crippen molar-refractivity contribution in [3.05, 3.63) is 93.1 Å². The lowest BCUT2D eigenvalue weighted by atomic mass is 9.70. The van der Waals surface area contributed by atoms with Gasteiger partial charge in [0.2, 0.25) is 0 Å². The lowest BCUT2D eigenvalue weighted by Crippen LogP contribution is -2.46. The van der Waals surface area contributed by atoms with Gasteiger partial charge in [-0.3, -0.25) is 19.2 Å². The van der Waals surface area contributed by atoms with Crippen molar-refractivity contribution in [3.8, 4) is 11.5 Å². The first-order valence-corrected chi connectivity index (χ1v) is 11.0. The van der Waals surface area contributed by atoms with E-state index < -0.39 is 41.3 Å². The Morgan fingerprint density at radius 2 is 1.06 bits per heavy atom. The van der Waals surface area contributed by atoms with E-state index in [0.717, 1.165) is 3.57 Å². The third-order valence-corrected chi connectivity index (χ3v) is 6.49. The molecule has 0 radical (unpaired) electrons. The molecule has 3 aromatic carbocycles. The van der Waals surface area contributed by atoms with Gasteiger partial charge >= 0.3 is 11.9 Å². The minimum Gasteiger partial charge on any atom is -0.425 e. The highest BCUT2D eigenvalue weighted by Gasteiger charge is 2.52. The zero-order chi connectivity index (χ0) is 22.4. The fraction of sp³-hybridized carbons (Fsp3) is 0.120. The van der Waals surface area contributed by atoms with Crippen LogP contribution < -0.4 is 9.47 Å². The molecular weight excluding hydrogens is 523 g/mol. The molecule has 0 N–H and O–H groups in total. The van der Waals surface area contributed by atoms with Crippen LogP contribution in [-0.4, -0.2) is 23.5 Å². The quantitative estimate of drug-likeness (QED) is 0.215. The van der Waals surface area contributed by atoms with Crippen LogP contribution in [-0.2, 0) is 9.59 Å². The fourth-order valence-corrected chi connectivity index (χ4v) is 4.65. The van der Waals surface area contributed by atoms with Crippen LogP contribution in [0, 0.1) is 15.4 Å². The smallest absolute Gasteiger partial charge is 0.322 e. The second-order valence-electron chi connectivity index (χ2n) is 7.60. The first kappa shape index (κ1) is 20.6. The molecule has 32 heavy (non-hydrogen) atoms. The first-order chi connectivity index (χ1) is 15.5. The number of benzene rings is 3. The molecule has 0 aliphatic carbocycles. The third kappa shape index (κ3) is 3.33. The summed E-state index contributed by atoms with van der Waals surface area (Å²) in [4.78, 5) is 53.0. The Balaban J connectivity index is 1.67. The van der Waals surface area contributed by atoms with E-state index in [1.54, 1.807) is 60.7 Å². The van der Waals surface area contributed by atoms with E-state index in [0.29, 0.717) is 5.56 Å². The van der Waals surface area contributed by atoms with Crippen LogP contribution in [0.15, 0.2) is 72.8 Å². The van der Waals surface area contributed by atoms with Crippen LogP contribution in [0.3, 0.4) is 0 Å². The largest absolute Gasteiger partial charge is 0.425 e. The summed E-state index contributed by atoms with van der Waals surface area (Å²) in [5.41, 5.74) is 0.990. The highest BCUT2D eigenvalue weighted by atomic mass is 127. The van der Waals surface area contributed by atoms with Crippen molar-refractivity contribution in [1.82, 2.24) is 0 Å². The van der Waals surface area contributed by atoms with E-state index in [2.05, 4.69) is 22.6 Å². The van der Waals surface area contributed by atoms with Crippen molar-refractivity contribution in [3.63, 3.8) is 0 Å². The predicted molar refractivity (Wildman–Crippen MR) is 122 cm³/mol. The van der Waals surface area contributed by atoms with Gasteiger partial charge in [-0.05, 0) is 64.6 Å². The lowest BCUT2D eigenvalue weighted by molar-refractivity contribution is -0.142. The zero-order valence-electron chi connectivity index (χ0n) is 16.5. The lowest BCUT2D eigenvalue weighted by Gasteiger charge is -2.34. The fourth-order valence-electron chi connectivity index (χ4n) is 4.29. The van der Waals surface area contributed by atoms with Crippen molar-refractivity contribution in [2.45, 2.75) is 5.92 Å². The summed E-state index contributed by atoms with van der Waals surface area (Å²) in [5.74, 6) is -6.03. The molecule has 0 saturated heterocycles. The normalized spacial score (nSPS) is 20.7. The Morgan fingerprint density at radius 1 is 0.625 bits per heavy atom. The Hall–Kier alpha value is -3.33. The monoisotopic (exact) mass is 538 g/mol. The van der Waals surface area contributed by atoms with E-state index in [1.165, 1.54) is 12.1 Å². The summed E-state index contributed by atoms with van der Waals surface area (Å²) in [6.07, 6.45) is 0. The maximum absolute atomic E-state index is 13.4. The number of halogens is 1. The van der Waals surface area contributed by atoms with E-state index in [-0.39, 0.29) is 22.6 Å². The van der Waals surface area contributed by atoms with Gasteiger partial charge in [-0.2, -0.15) is 0 Å². The summed E-state index contributed by atoms with van der Waals surface area (Å²) in [7, 11) is 0. The third-order valence-electron chi connectivity index (χ3n) is 5.77. The molecule has 0 amide bonds. The van der Waals surface area contributed by atoms with Crippen LogP contribution in [0.5, 0.6) is 11.5 Å². The minimum atomic E-state index is -1.36. The molecule has 158 valence electrons. The molecule has 0 aromatic heterocycles. The Kier molecular flexibility index (Phi) is 5.13. The molecule has 2 heterocycles. The average Bonchev–Trinajstić information content (AvgIpc) is 2.78. The van der Waals surface area contributed by atoms with Crippen molar-refractivity contribution < 1.29 is 28.7 Å². The molecule has 7 heteroatoms. The number of fused-ring (bicyclic) bond motifs is 2. The van der Waals surface area contributed by atoms with E-state index in [1.807, 2.05) is 0 Å². The number of carbonyl (C=O) groups is 4. The molecular formula is C25H15IO6. The summed E-state index contributed by atoms with van der Waals surface area (Å²) in [6, 6.07) is 19.9. The second-order valence-corrected chi connectivity index (χ2v) is 8.84.